The lowest BCUT2D eigenvalue weighted by molar-refractivity contribution is 0.121. The van der Waals surface area contributed by atoms with E-state index in [1.807, 2.05) is 0 Å². The molecule has 0 radical (unpaired) electrons. The first-order valence-electron chi connectivity index (χ1n) is 6.27. The van der Waals surface area contributed by atoms with Crippen LogP contribution in [0.1, 0.15) is 27.2 Å². The molecule has 0 aromatic rings. The fraction of sp³-hybridized carbons (Fsp3) is 1.00. The Kier molecular flexibility index (Phi) is 3.33. The predicted octanol–water partition coefficient (Wildman–Crippen LogP) is 0.764. The first-order valence-corrected chi connectivity index (χ1v) is 6.27. The molecule has 15 heavy (non-hydrogen) atoms. The summed E-state index contributed by atoms with van der Waals surface area (Å²) in [4.78, 5) is 5.29. The summed E-state index contributed by atoms with van der Waals surface area (Å²) in [7, 11) is 0. The van der Waals surface area contributed by atoms with Crippen molar-refractivity contribution >= 4 is 0 Å². The molecule has 0 aromatic heterocycles. The van der Waals surface area contributed by atoms with Gasteiger partial charge in [0.1, 0.15) is 0 Å². The molecule has 2 fully saturated rings. The summed E-state index contributed by atoms with van der Waals surface area (Å²) >= 11 is 0. The van der Waals surface area contributed by atoms with Crippen molar-refractivity contribution in [2.75, 3.05) is 39.3 Å². The van der Waals surface area contributed by atoms with E-state index in [1.54, 1.807) is 0 Å². The van der Waals surface area contributed by atoms with Crippen LogP contribution in [0.5, 0.6) is 0 Å². The Bertz CT molecular complexity index is 205. The van der Waals surface area contributed by atoms with Crippen LogP contribution in [0.3, 0.4) is 0 Å². The van der Waals surface area contributed by atoms with Crippen LogP contribution >= 0.6 is 0 Å². The van der Waals surface area contributed by atoms with Crippen LogP contribution in [0.15, 0.2) is 0 Å². The van der Waals surface area contributed by atoms with E-state index in [9.17, 15) is 0 Å². The van der Waals surface area contributed by atoms with Gasteiger partial charge in [0.25, 0.3) is 0 Å². The average molecular weight is 211 g/mol. The van der Waals surface area contributed by atoms with Crippen LogP contribution in [0.4, 0.5) is 0 Å². The molecule has 2 rings (SSSR count). The summed E-state index contributed by atoms with van der Waals surface area (Å²) in [6.45, 7) is 14.4. The molecule has 2 aliphatic heterocycles. The van der Waals surface area contributed by atoms with Crippen LogP contribution in [-0.2, 0) is 0 Å². The van der Waals surface area contributed by atoms with Crippen LogP contribution < -0.4 is 5.32 Å². The highest BCUT2D eigenvalue weighted by atomic mass is 15.3. The van der Waals surface area contributed by atoms with Gasteiger partial charge in [0.2, 0.25) is 0 Å². The fourth-order valence-electron chi connectivity index (χ4n) is 2.51. The van der Waals surface area contributed by atoms with Crippen LogP contribution in [-0.4, -0.2) is 60.6 Å². The van der Waals surface area contributed by atoms with Crippen molar-refractivity contribution in [3.8, 4) is 0 Å². The minimum Gasteiger partial charge on any atom is -0.314 e. The monoisotopic (exact) mass is 211 g/mol. The van der Waals surface area contributed by atoms with Gasteiger partial charge >= 0.3 is 0 Å². The number of nitrogens with zero attached hydrogens (tertiary/aromatic N) is 2. The molecule has 88 valence electrons. The van der Waals surface area contributed by atoms with Gasteiger partial charge in [-0.1, -0.05) is 0 Å². The number of hydrogen-bond donors (Lipinski definition) is 1. The number of hydrogen-bond acceptors (Lipinski definition) is 3. The zero-order valence-electron chi connectivity index (χ0n) is 10.4. The van der Waals surface area contributed by atoms with E-state index in [2.05, 4.69) is 35.9 Å². The molecule has 0 spiro atoms. The molecule has 0 aliphatic carbocycles. The Morgan fingerprint density at radius 2 is 1.73 bits per heavy atom. The summed E-state index contributed by atoms with van der Waals surface area (Å²) in [6.07, 6.45) is 1.33. The summed E-state index contributed by atoms with van der Waals surface area (Å²) in [6, 6.07) is 0.824. The second-order valence-corrected chi connectivity index (χ2v) is 5.86. The first kappa shape index (κ1) is 11.4. The third-order valence-electron chi connectivity index (χ3n) is 3.76. The van der Waals surface area contributed by atoms with Gasteiger partial charge in [-0.25, -0.2) is 0 Å². The normalized spacial score (nSPS) is 27.4. The van der Waals surface area contributed by atoms with Gasteiger partial charge in [0.15, 0.2) is 0 Å². The highest BCUT2D eigenvalue weighted by molar-refractivity contribution is 4.88. The van der Waals surface area contributed by atoms with Crippen molar-refractivity contribution in [1.29, 1.82) is 0 Å². The van der Waals surface area contributed by atoms with Gasteiger partial charge in [-0.05, 0) is 40.3 Å². The van der Waals surface area contributed by atoms with E-state index < -0.39 is 0 Å². The van der Waals surface area contributed by atoms with Gasteiger partial charge in [-0.3, -0.25) is 9.80 Å². The Morgan fingerprint density at radius 3 is 2.27 bits per heavy atom. The molecular formula is C12H25N3. The standard InChI is InChI=1S/C12H25N3/c1-12(2,3)15-6-4-5-14(7-8-15)11-9-13-10-11/h11,13H,4-10H2,1-3H3. The second-order valence-electron chi connectivity index (χ2n) is 5.86. The largest absolute Gasteiger partial charge is 0.314 e. The van der Waals surface area contributed by atoms with Crippen molar-refractivity contribution in [1.82, 2.24) is 15.1 Å². The van der Waals surface area contributed by atoms with E-state index in [1.165, 1.54) is 45.7 Å². The summed E-state index contributed by atoms with van der Waals surface area (Å²) in [5.74, 6) is 0. The van der Waals surface area contributed by atoms with E-state index in [0.29, 0.717) is 5.54 Å². The zero-order chi connectivity index (χ0) is 10.9. The Morgan fingerprint density at radius 1 is 1.00 bits per heavy atom. The first-order chi connectivity index (χ1) is 7.07. The van der Waals surface area contributed by atoms with Crippen molar-refractivity contribution in [3.63, 3.8) is 0 Å². The van der Waals surface area contributed by atoms with E-state index in [4.69, 9.17) is 0 Å². The maximum Gasteiger partial charge on any atom is 0.0345 e. The smallest absolute Gasteiger partial charge is 0.0345 e. The average Bonchev–Trinajstić information content (AvgIpc) is 2.25. The molecule has 2 heterocycles. The van der Waals surface area contributed by atoms with Crippen LogP contribution in [0.2, 0.25) is 0 Å². The summed E-state index contributed by atoms with van der Waals surface area (Å²) < 4.78 is 0. The minimum atomic E-state index is 0.341. The van der Waals surface area contributed by atoms with Crippen molar-refractivity contribution in [2.24, 2.45) is 0 Å². The molecule has 3 nitrogen and oxygen atoms in total. The number of rotatable bonds is 1. The van der Waals surface area contributed by atoms with E-state index >= 15 is 0 Å². The Hall–Kier alpha value is -0.120. The van der Waals surface area contributed by atoms with Gasteiger partial charge in [0, 0.05) is 37.8 Å². The molecule has 0 amide bonds. The SMILES string of the molecule is CC(C)(C)N1CCCN(C2CNC2)CC1. The Labute approximate surface area is 93.8 Å². The lowest BCUT2D eigenvalue weighted by Gasteiger charge is -2.38. The molecule has 0 unspecified atom stereocenters. The third-order valence-corrected chi connectivity index (χ3v) is 3.76. The predicted molar refractivity (Wildman–Crippen MR) is 64.2 cm³/mol. The van der Waals surface area contributed by atoms with Crippen molar-refractivity contribution in [2.45, 2.75) is 38.8 Å². The maximum atomic E-state index is 3.37. The van der Waals surface area contributed by atoms with E-state index in [0.717, 1.165) is 6.04 Å². The third kappa shape index (κ3) is 2.71. The maximum absolute atomic E-state index is 3.37. The molecule has 0 saturated carbocycles. The van der Waals surface area contributed by atoms with Gasteiger partial charge < -0.3 is 5.32 Å². The molecule has 2 aliphatic rings. The highest BCUT2D eigenvalue weighted by Gasteiger charge is 2.29. The van der Waals surface area contributed by atoms with Gasteiger partial charge in [0.05, 0.1) is 0 Å². The molecule has 0 atom stereocenters. The van der Waals surface area contributed by atoms with Crippen molar-refractivity contribution in [3.05, 3.63) is 0 Å². The lowest BCUT2D eigenvalue weighted by atomic mass is 10.1. The van der Waals surface area contributed by atoms with Gasteiger partial charge in [-0.15, -0.1) is 0 Å². The topological polar surface area (TPSA) is 18.5 Å². The molecular weight excluding hydrogens is 186 g/mol. The molecule has 0 bridgehead atoms. The minimum absolute atomic E-state index is 0.341. The molecule has 0 aromatic carbocycles. The van der Waals surface area contributed by atoms with Crippen LogP contribution in [0, 0.1) is 0 Å². The van der Waals surface area contributed by atoms with Crippen LogP contribution in [0.25, 0.3) is 0 Å². The summed E-state index contributed by atoms with van der Waals surface area (Å²) in [5.41, 5.74) is 0.341. The highest BCUT2D eigenvalue weighted by Crippen LogP contribution is 2.17. The van der Waals surface area contributed by atoms with Gasteiger partial charge in [-0.2, -0.15) is 0 Å². The van der Waals surface area contributed by atoms with Crippen molar-refractivity contribution < 1.29 is 0 Å². The lowest BCUT2D eigenvalue weighted by Crippen LogP contribution is -2.58. The quantitative estimate of drug-likeness (QED) is 0.691. The second kappa shape index (κ2) is 4.40. The summed E-state index contributed by atoms with van der Waals surface area (Å²) in [5, 5.41) is 3.37. The van der Waals surface area contributed by atoms with E-state index in [-0.39, 0.29) is 0 Å². The molecule has 3 heteroatoms. The molecule has 1 N–H and O–H groups in total. The molecule has 2 saturated heterocycles. The fourth-order valence-corrected chi connectivity index (χ4v) is 2.51. The number of nitrogens with one attached hydrogen (secondary N) is 1. The Balaban J connectivity index is 1.86. The zero-order valence-corrected chi connectivity index (χ0v) is 10.4.